The number of hydrogen-bond donors (Lipinski definition) is 1. The van der Waals surface area contributed by atoms with Gasteiger partial charge in [-0.2, -0.15) is 15.5 Å². The fourth-order valence-electron chi connectivity index (χ4n) is 3.19. The lowest BCUT2D eigenvalue weighted by molar-refractivity contribution is -0.109. The average Bonchev–Trinajstić information content (AvgIpc) is 3.28. The molecule has 1 heterocycles. The molecule has 0 aliphatic rings. The summed E-state index contributed by atoms with van der Waals surface area (Å²) < 4.78 is 16.8. The number of carbonyl (C=O) groups is 2. The van der Waals surface area contributed by atoms with Crippen molar-refractivity contribution in [1.29, 1.82) is 5.26 Å². The van der Waals surface area contributed by atoms with E-state index in [1.807, 2.05) is 40.7 Å². The highest BCUT2D eigenvalue weighted by atomic mass is 19.1. The topological polar surface area (TPSA) is 100 Å². The number of nitrogens with zero attached hydrogens (tertiary/aromatic N) is 4. The number of carbonyl (C=O) groups excluding carboxylic acids is 2. The lowest BCUT2D eigenvalue weighted by atomic mass is 9.83. The lowest BCUT2D eigenvalue weighted by Crippen LogP contribution is -2.13. The molecular weight excluding hydrogens is 421 g/mol. The number of amides is 1. The van der Waals surface area contributed by atoms with E-state index in [-0.39, 0.29) is 16.5 Å². The third-order valence-corrected chi connectivity index (χ3v) is 4.75. The second-order valence-corrected chi connectivity index (χ2v) is 7.82. The van der Waals surface area contributed by atoms with E-state index < -0.39 is 5.82 Å². The summed E-state index contributed by atoms with van der Waals surface area (Å²) in [6, 6.07) is 10.1. The van der Waals surface area contributed by atoms with Gasteiger partial charge in [0.05, 0.1) is 23.7 Å². The molecule has 0 aliphatic carbocycles. The van der Waals surface area contributed by atoms with E-state index >= 15 is 4.39 Å². The van der Waals surface area contributed by atoms with Gasteiger partial charge in [0.15, 0.2) is 6.29 Å². The molecule has 0 fully saturated rings. The molecule has 0 aliphatic heterocycles. The Bertz CT molecular complexity index is 1220. The Labute approximate surface area is 192 Å². The Hall–Kier alpha value is -4.12. The standard InChI is InChI=1S/C23H20FN5O2.C2H6/c1-23(2,3)17-7-16(11-26-27-14-31)22(20(24)8-17)18-5-4-6-21(19(18)13-30)29-12-15(9-25)10-28-29;1-2/h4-8,10-14H,1-3H3,(H,27,31);1-2H3/b26-11-;. The molecule has 1 amide bonds. The van der Waals surface area contributed by atoms with E-state index in [1.165, 1.54) is 29.4 Å². The highest BCUT2D eigenvalue weighted by Crippen LogP contribution is 2.35. The van der Waals surface area contributed by atoms with Crippen molar-refractivity contribution >= 4 is 18.9 Å². The van der Waals surface area contributed by atoms with Crippen LogP contribution in [0.15, 0.2) is 47.8 Å². The van der Waals surface area contributed by atoms with Crippen molar-refractivity contribution in [3.63, 3.8) is 0 Å². The van der Waals surface area contributed by atoms with Gasteiger partial charge >= 0.3 is 0 Å². The molecule has 33 heavy (non-hydrogen) atoms. The largest absolute Gasteiger partial charge is 0.298 e. The molecule has 2 aromatic carbocycles. The monoisotopic (exact) mass is 447 g/mol. The van der Waals surface area contributed by atoms with E-state index in [0.717, 1.165) is 5.56 Å². The van der Waals surface area contributed by atoms with Crippen LogP contribution in [0.4, 0.5) is 4.39 Å². The smallest absolute Gasteiger partial charge is 0.227 e. The Balaban J connectivity index is 0.00000187. The third kappa shape index (κ3) is 5.57. The fraction of sp³-hybridized carbons (Fsp3) is 0.240. The number of halogens is 1. The van der Waals surface area contributed by atoms with Crippen LogP contribution in [0.25, 0.3) is 16.8 Å². The first kappa shape index (κ1) is 25.1. The quantitative estimate of drug-likeness (QED) is 0.334. The van der Waals surface area contributed by atoms with Gasteiger partial charge in [0.25, 0.3) is 0 Å². The maximum absolute atomic E-state index is 15.4. The predicted molar refractivity (Wildman–Crippen MR) is 126 cm³/mol. The zero-order valence-corrected chi connectivity index (χ0v) is 19.3. The molecular formula is C25H26FN5O2. The van der Waals surface area contributed by atoms with Gasteiger partial charge in [-0.3, -0.25) is 9.59 Å². The van der Waals surface area contributed by atoms with Gasteiger partial charge in [-0.15, -0.1) is 0 Å². The average molecular weight is 448 g/mol. The summed E-state index contributed by atoms with van der Waals surface area (Å²) >= 11 is 0. The van der Waals surface area contributed by atoms with Gasteiger partial charge in [-0.1, -0.05) is 46.8 Å². The molecule has 3 aromatic rings. The molecule has 1 N–H and O–H groups in total. The number of hydrogen-bond acceptors (Lipinski definition) is 5. The van der Waals surface area contributed by atoms with Gasteiger partial charge < -0.3 is 0 Å². The molecule has 8 heteroatoms. The van der Waals surface area contributed by atoms with E-state index in [0.29, 0.717) is 35.1 Å². The molecule has 0 saturated heterocycles. The second-order valence-electron chi connectivity index (χ2n) is 7.82. The first-order chi connectivity index (χ1) is 15.8. The first-order valence-corrected chi connectivity index (χ1v) is 10.4. The van der Waals surface area contributed by atoms with Crippen molar-refractivity contribution in [3.05, 3.63) is 70.8 Å². The van der Waals surface area contributed by atoms with Crippen LogP contribution in [-0.4, -0.2) is 28.7 Å². The van der Waals surface area contributed by atoms with E-state index in [9.17, 15) is 9.59 Å². The van der Waals surface area contributed by atoms with Gasteiger partial charge in [-0.05, 0) is 34.7 Å². The molecule has 0 radical (unpaired) electrons. The normalized spacial score (nSPS) is 10.8. The van der Waals surface area contributed by atoms with Crippen molar-refractivity contribution in [2.24, 2.45) is 5.10 Å². The molecule has 0 saturated carbocycles. The van der Waals surface area contributed by atoms with Crippen molar-refractivity contribution in [3.8, 4) is 22.9 Å². The predicted octanol–water partition coefficient (Wildman–Crippen LogP) is 4.77. The summed E-state index contributed by atoms with van der Waals surface area (Å²) in [4.78, 5) is 22.7. The summed E-state index contributed by atoms with van der Waals surface area (Å²) in [6.07, 6.45) is 5.23. The summed E-state index contributed by atoms with van der Waals surface area (Å²) in [6.45, 7) is 9.86. The molecule has 0 bridgehead atoms. The zero-order chi connectivity index (χ0) is 24.6. The van der Waals surface area contributed by atoms with Crippen molar-refractivity contribution < 1.29 is 14.0 Å². The Morgan fingerprint density at radius 1 is 1.21 bits per heavy atom. The number of hydrazone groups is 1. The molecule has 3 rings (SSSR count). The maximum atomic E-state index is 15.4. The van der Waals surface area contributed by atoms with Crippen molar-refractivity contribution in [1.82, 2.24) is 15.2 Å². The molecule has 0 unspecified atom stereocenters. The molecule has 7 nitrogen and oxygen atoms in total. The van der Waals surface area contributed by atoms with Crippen LogP contribution in [0, 0.1) is 17.1 Å². The van der Waals surface area contributed by atoms with E-state index in [4.69, 9.17) is 5.26 Å². The first-order valence-electron chi connectivity index (χ1n) is 10.4. The Morgan fingerprint density at radius 3 is 2.52 bits per heavy atom. The van der Waals surface area contributed by atoms with Crippen LogP contribution in [0.1, 0.15) is 61.7 Å². The van der Waals surface area contributed by atoms with Gasteiger partial charge in [-0.25, -0.2) is 14.5 Å². The molecule has 0 atom stereocenters. The third-order valence-electron chi connectivity index (χ3n) is 4.75. The van der Waals surface area contributed by atoms with Crippen molar-refractivity contribution in [2.75, 3.05) is 0 Å². The van der Waals surface area contributed by atoms with Crippen LogP contribution >= 0.6 is 0 Å². The van der Waals surface area contributed by atoms with Gasteiger partial charge in [0, 0.05) is 22.9 Å². The van der Waals surface area contributed by atoms with Crippen molar-refractivity contribution in [2.45, 2.75) is 40.0 Å². The SMILES string of the molecule is CC.CC(C)(C)c1cc(F)c(-c2cccc(-n3cc(C#N)cn3)c2C=O)c(/C=N\NC=O)c1. The zero-order valence-electron chi connectivity index (χ0n) is 19.3. The second kappa shape index (κ2) is 11.0. The highest BCUT2D eigenvalue weighted by molar-refractivity contribution is 5.98. The van der Waals surface area contributed by atoms with Crippen LogP contribution in [0.5, 0.6) is 0 Å². The minimum atomic E-state index is -0.529. The highest BCUT2D eigenvalue weighted by Gasteiger charge is 2.22. The number of nitriles is 1. The molecule has 1 aromatic heterocycles. The number of aromatic nitrogens is 2. The minimum Gasteiger partial charge on any atom is -0.298 e. The number of rotatable bonds is 6. The fourth-order valence-corrected chi connectivity index (χ4v) is 3.19. The lowest BCUT2D eigenvalue weighted by Gasteiger charge is -2.22. The van der Waals surface area contributed by atoms with Crippen LogP contribution < -0.4 is 5.43 Å². The van der Waals surface area contributed by atoms with E-state index in [1.54, 1.807) is 24.3 Å². The Kier molecular flexibility index (Phi) is 8.35. The van der Waals surface area contributed by atoms with Crippen LogP contribution in [0.2, 0.25) is 0 Å². The Morgan fingerprint density at radius 2 is 1.94 bits per heavy atom. The van der Waals surface area contributed by atoms with Crippen LogP contribution in [-0.2, 0) is 10.2 Å². The van der Waals surface area contributed by atoms with E-state index in [2.05, 4.69) is 15.6 Å². The summed E-state index contributed by atoms with van der Waals surface area (Å²) in [7, 11) is 0. The van der Waals surface area contributed by atoms with Gasteiger partial charge in [0.1, 0.15) is 11.9 Å². The minimum absolute atomic E-state index is 0.168. The van der Waals surface area contributed by atoms with Crippen LogP contribution in [0.3, 0.4) is 0 Å². The number of benzene rings is 2. The number of nitrogens with one attached hydrogen (secondary N) is 1. The maximum Gasteiger partial charge on any atom is 0.227 e. The van der Waals surface area contributed by atoms with Gasteiger partial charge in [0.2, 0.25) is 6.41 Å². The molecule has 170 valence electrons. The molecule has 0 spiro atoms. The number of aldehydes is 1. The summed E-state index contributed by atoms with van der Waals surface area (Å²) in [5.41, 5.74) is 4.42. The summed E-state index contributed by atoms with van der Waals surface area (Å²) in [5, 5.41) is 17.0. The summed E-state index contributed by atoms with van der Waals surface area (Å²) in [5.74, 6) is -0.529.